The molecule has 1 unspecified atom stereocenters. The molecule has 0 saturated carbocycles. The van der Waals surface area contributed by atoms with Crippen LogP contribution in [0.2, 0.25) is 5.02 Å². The zero-order valence-corrected chi connectivity index (χ0v) is 21.7. The zero-order valence-electron chi connectivity index (χ0n) is 19.3. The van der Waals surface area contributed by atoms with Gasteiger partial charge in [0.05, 0.1) is 18.5 Å². The molecule has 0 aliphatic carbocycles. The van der Waals surface area contributed by atoms with Crippen molar-refractivity contribution >= 4 is 44.2 Å². The quantitative estimate of drug-likeness (QED) is 0.359. The van der Waals surface area contributed by atoms with Gasteiger partial charge >= 0.3 is 6.55 Å². The zero-order chi connectivity index (χ0) is 26.5. The smallest absolute Gasteiger partial charge is 0.324 e. The maximum absolute atomic E-state index is 16.2. The summed E-state index contributed by atoms with van der Waals surface area (Å²) >= 11 is 7.67. The molecule has 7 nitrogen and oxygen atoms in total. The van der Waals surface area contributed by atoms with Gasteiger partial charge in [-0.25, -0.2) is 26.9 Å². The Balaban J connectivity index is 1.71. The van der Waals surface area contributed by atoms with Gasteiger partial charge in [0.1, 0.15) is 27.4 Å². The highest BCUT2D eigenvalue weighted by Gasteiger charge is 2.48. The second-order valence-electron chi connectivity index (χ2n) is 9.00. The summed E-state index contributed by atoms with van der Waals surface area (Å²) in [6, 6.07) is 2.86. The van der Waals surface area contributed by atoms with E-state index in [1.165, 1.54) is 29.7 Å². The first-order chi connectivity index (χ1) is 17.4. The van der Waals surface area contributed by atoms with Crippen LogP contribution in [-0.2, 0) is 9.84 Å². The Bertz CT molecular complexity index is 1510. The van der Waals surface area contributed by atoms with Gasteiger partial charge in [-0.05, 0) is 24.1 Å². The molecule has 4 heterocycles. The maximum Gasteiger partial charge on any atom is 0.333 e. The molecular weight excluding hydrogens is 554 g/mol. The number of aliphatic imine (C=N–C) groups is 1. The Hall–Kier alpha value is -2.77. The summed E-state index contributed by atoms with van der Waals surface area (Å²) in [5.41, 5.74) is -0.492. The number of halogens is 5. The molecule has 3 aromatic rings. The summed E-state index contributed by atoms with van der Waals surface area (Å²) in [7, 11) is -3.44. The van der Waals surface area contributed by atoms with Crippen molar-refractivity contribution < 1.29 is 26.0 Å². The highest BCUT2D eigenvalue weighted by molar-refractivity contribution is 7.90. The van der Waals surface area contributed by atoms with Crippen LogP contribution in [0.5, 0.6) is 0 Å². The van der Waals surface area contributed by atoms with Crippen molar-refractivity contribution in [2.24, 2.45) is 4.99 Å². The van der Waals surface area contributed by atoms with Crippen molar-refractivity contribution in [3.05, 3.63) is 74.8 Å². The van der Waals surface area contributed by atoms with Crippen LogP contribution < -0.4 is 0 Å². The normalized spacial score (nSPS) is 22.1. The third-order valence-electron chi connectivity index (χ3n) is 6.26. The molecule has 2 aromatic heterocycles. The molecule has 1 fully saturated rings. The van der Waals surface area contributed by atoms with Gasteiger partial charge in [0.15, 0.2) is 10.8 Å². The first kappa shape index (κ1) is 25.9. The maximum atomic E-state index is 16.2. The van der Waals surface area contributed by atoms with Gasteiger partial charge in [-0.2, -0.15) is 13.9 Å². The molecule has 0 bridgehead atoms. The number of alkyl halides is 3. The molecule has 0 amide bonds. The van der Waals surface area contributed by atoms with E-state index < -0.39 is 33.9 Å². The van der Waals surface area contributed by atoms with E-state index in [0.29, 0.717) is 32.4 Å². The van der Waals surface area contributed by atoms with Crippen LogP contribution in [-0.4, -0.2) is 58.1 Å². The van der Waals surface area contributed by atoms with Gasteiger partial charge in [0.25, 0.3) is 0 Å². The Morgan fingerprint density at radius 1 is 1.32 bits per heavy atom. The van der Waals surface area contributed by atoms with Gasteiger partial charge in [-0.1, -0.05) is 17.7 Å². The second-order valence-corrected chi connectivity index (χ2v) is 12.6. The summed E-state index contributed by atoms with van der Waals surface area (Å²) in [6.07, 6.45) is 4.51. The Morgan fingerprint density at radius 3 is 2.73 bits per heavy atom. The van der Waals surface area contributed by atoms with Crippen LogP contribution in [0.25, 0.3) is 5.57 Å². The van der Waals surface area contributed by atoms with Crippen LogP contribution in [0, 0.1) is 5.82 Å². The molecule has 1 saturated heterocycles. The van der Waals surface area contributed by atoms with Gasteiger partial charge in [-0.15, -0.1) is 11.3 Å². The number of allylic oxidation sites excluding steroid dienone is 1. The van der Waals surface area contributed by atoms with Crippen molar-refractivity contribution in [1.82, 2.24) is 19.7 Å². The average Bonchev–Trinajstić information content (AvgIpc) is 3.56. The molecule has 37 heavy (non-hydrogen) atoms. The largest absolute Gasteiger partial charge is 0.333 e. The third-order valence-corrected chi connectivity index (χ3v) is 8.30. The first-order valence-electron chi connectivity index (χ1n) is 11.1. The number of nitrogens with zero attached hydrogens (tertiary/aromatic N) is 5. The number of thiazole rings is 1. The van der Waals surface area contributed by atoms with E-state index in [1.807, 2.05) is 0 Å². The number of fused-ring (bicyclic) bond motifs is 1. The van der Waals surface area contributed by atoms with Crippen molar-refractivity contribution in [1.29, 1.82) is 0 Å². The van der Waals surface area contributed by atoms with E-state index in [-0.39, 0.29) is 35.7 Å². The second kappa shape index (κ2) is 9.52. The highest BCUT2D eigenvalue weighted by atomic mass is 35.5. The number of hydrogen-bond donors (Lipinski definition) is 0. The van der Waals surface area contributed by atoms with E-state index in [4.69, 9.17) is 16.6 Å². The molecule has 0 spiro atoms. The van der Waals surface area contributed by atoms with Gasteiger partial charge in [-0.3, -0.25) is 4.99 Å². The molecular formula is C23H20ClF4N5O2S2. The summed E-state index contributed by atoms with van der Waals surface area (Å²) in [5, 5.41) is 6.00. The van der Waals surface area contributed by atoms with Crippen LogP contribution >= 0.6 is 22.9 Å². The number of sulfone groups is 1. The van der Waals surface area contributed by atoms with E-state index in [0.717, 1.165) is 18.5 Å². The number of benzene rings is 1. The summed E-state index contributed by atoms with van der Waals surface area (Å²) < 4.78 is 80.9. The number of hydrogen-bond acceptors (Lipinski definition) is 7. The van der Waals surface area contributed by atoms with Crippen LogP contribution in [0.1, 0.15) is 41.6 Å². The molecule has 2 aliphatic rings. The van der Waals surface area contributed by atoms with Gasteiger partial charge < -0.3 is 4.90 Å². The Kier molecular flexibility index (Phi) is 6.65. The lowest BCUT2D eigenvalue weighted by atomic mass is 9.89. The van der Waals surface area contributed by atoms with Crippen molar-refractivity contribution in [3.8, 4) is 0 Å². The molecule has 1 aromatic carbocycles. The van der Waals surface area contributed by atoms with Crippen LogP contribution in [0.3, 0.4) is 0 Å². The van der Waals surface area contributed by atoms with Gasteiger partial charge in [0, 0.05) is 52.3 Å². The average molecular weight is 574 g/mol. The summed E-state index contributed by atoms with van der Waals surface area (Å²) in [4.78, 5) is 10.8. The fraction of sp³-hybridized carbons (Fsp3) is 0.348. The fourth-order valence-corrected chi connectivity index (χ4v) is 6.23. The first-order valence-corrected chi connectivity index (χ1v) is 14.4. The monoisotopic (exact) mass is 573 g/mol. The number of aromatic nitrogens is 3. The lowest BCUT2D eigenvalue weighted by molar-refractivity contribution is 0.0566. The van der Waals surface area contributed by atoms with Gasteiger partial charge in [0.2, 0.25) is 0 Å². The minimum Gasteiger partial charge on any atom is -0.324 e. The standard InChI is InChI=1S/C23H20ClF4N5O2S2/c1-37(34,35)7-4-23(28)9-17-18(13-10-30-33(11-13)22(26)27)19(15-3-2-14(25)8-16(15)24)31-20(32(17)12-23)21-29-5-6-36-21/h2-3,5-6,8,10-11,19,22H,4,7,9,12H2,1H3/t19-,23?/m0/s1. The minimum absolute atomic E-state index is 0.0571. The van der Waals surface area contributed by atoms with Crippen molar-refractivity contribution in [2.45, 2.75) is 31.1 Å². The highest BCUT2D eigenvalue weighted by Crippen LogP contribution is 2.49. The van der Waals surface area contributed by atoms with E-state index in [2.05, 4.69) is 10.1 Å². The molecule has 0 N–H and O–H groups in total. The predicted octanol–water partition coefficient (Wildman–Crippen LogP) is 5.29. The molecule has 0 radical (unpaired) electrons. The topological polar surface area (TPSA) is 80.4 Å². The number of amidine groups is 1. The molecule has 14 heteroatoms. The lowest BCUT2D eigenvalue weighted by Crippen LogP contribution is -2.36. The fourth-order valence-electron chi connectivity index (χ4n) is 4.58. The molecule has 196 valence electrons. The Morgan fingerprint density at radius 2 is 2.11 bits per heavy atom. The van der Waals surface area contributed by atoms with Crippen molar-refractivity contribution in [2.75, 3.05) is 18.6 Å². The van der Waals surface area contributed by atoms with Crippen molar-refractivity contribution in [3.63, 3.8) is 0 Å². The van der Waals surface area contributed by atoms with E-state index in [1.54, 1.807) is 16.5 Å². The lowest BCUT2D eigenvalue weighted by Gasteiger charge is -2.32. The van der Waals surface area contributed by atoms with E-state index >= 15 is 4.39 Å². The van der Waals surface area contributed by atoms with E-state index in [9.17, 15) is 21.6 Å². The SMILES string of the molecule is CS(=O)(=O)CCC1(F)CC2=C(c3cnn(C(F)F)c3)[C@H](c3ccc(F)cc3Cl)N=C(c3nccs3)N2C1. The summed E-state index contributed by atoms with van der Waals surface area (Å²) in [5.74, 6) is -0.598. The molecule has 2 aliphatic heterocycles. The predicted molar refractivity (Wildman–Crippen MR) is 133 cm³/mol. The Labute approximate surface area is 219 Å². The minimum atomic E-state index is -3.44. The summed E-state index contributed by atoms with van der Waals surface area (Å²) in [6.45, 7) is -3.10. The van der Waals surface area contributed by atoms with Crippen LogP contribution in [0.4, 0.5) is 17.6 Å². The molecule has 2 atom stereocenters. The third kappa shape index (κ3) is 5.16. The molecule has 5 rings (SSSR count). The number of rotatable bonds is 7. The van der Waals surface area contributed by atoms with Crippen LogP contribution in [0.15, 0.2) is 52.9 Å².